The summed E-state index contributed by atoms with van der Waals surface area (Å²) in [6.07, 6.45) is 2.51. The Bertz CT molecular complexity index is 1360. The number of thiophene rings is 1. The first kappa shape index (κ1) is 25.6. The largest absolute Gasteiger partial charge is 0.454 e. The van der Waals surface area contributed by atoms with Crippen LogP contribution in [0.4, 0.5) is 0 Å². The molecule has 204 valence electrons. The zero-order valence-electron chi connectivity index (χ0n) is 21.8. The third-order valence-electron chi connectivity index (χ3n) is 7.32. The van der Waals surface area contributed by atoms with E-state index in [0.717, 1.165) is 30.1 Å². The fourth-order valence-electron chi connectivity index (χ4n) is 5.17. The average molecular weight is 550 g/mol. The highest BCUT2D eigenvalue weighted by Crippen LogP contribution is 2.39. The summed E-state index contributed by atoms with van der Waals surface area (Å²) in [4.78, 5) is 31.9. The second kappa shape index (κ2) is 11.2. The van der Waals surface area contributed by atoms with Gasteiger partial charge in [0.25, 0.3) is 11.8 Å². The van der Waals surface area contributed by atoms with Gasteiger partial charge in [0, 0.05) is 45.8 Å². The number of aromatic nitrogens is 1. The van der Waals surface area contributed by atoms with Crippen LogP contribution in [-0.2, 0) is 16.6 Å². The smallest absolute Gasteiger partial charge is 0.264 e. The molecule has 1 atom stereocenters. The molecule has 1 fully saturated rings. The summed E-state index contributed by atoms with van der Waals surface area (Å²) in [6, 6.07) is 13.0. The predicted octanol–water partition coefficient (Wildman–Crippen LogP) is 2.97. The van der Waals surface area contributed by atoms with E-state index in [0.29, 0.717) is 49.1 Å². The van der Waals surface area contributed by atoms with Gasteiger partial charge in [-0.05, 0) is 41.3 Å². The molecule has 0 bridgehead atoms. The Hall–Kier alpha value is -3.67. The molecule has 39 heavy (non-hydrogen) atoms. The Morgan fingerprint density at radius 1 is 1.10 bits per heavy atom. The van der Waals surface area contributed by atoms with E-state index < -0.39 is 0 Å². The highest BCUT2D eigenvalue weighted by atomic mass is 32.1. The normalized spacial score (nSPS) is 18.8. The molecule has 0 unspecified atom stereocenters. The molecule has 2 amide bonds. The monoisotopic (exact) mass is 549 g/mol. The van der Waals surface area contributed by atoms with Crippen molar-refractivity contribution in [1.82, 2.24) is 19.4 Å². The fraction of sp³-hybridized carbons (Fsp3) is 0.393. The number of rotatable bonds is 8. The van der Waals surface area contributed by atoms with E-state index in [9.17, 15) is 9.59 Å². The third kappa shape index (κ3) is 5.42. The van der Waals surface area contributed by atoms with Crippen molar-refractivity contribution in [3.05, 3.63) is 70.2 Å². The van der Waals surface area contributed by atoms with Gasteiger partial charge in [-0.25, -0.2) is 5.01 Å². The summed E-state index contributed by atoms with van der Waals surface area (Å²) >= 11 is 1.38. The molecule has 3 aromatic rings. The lowest BCUT2D eigenvalue weighted by Crippen LogP contribution is -2.46. The maximum atomic E-state index is 13.9. The molecule has 2 aromatic heterocycles. The van der Waals surface area contributed by atoms with Gasteiger partial charge >= 0.3 is 0 Å². The van der Waals surface area contributed by atoms with Crippen molar-refractivity contribution in [3.63, 3.8) is 0 Å². The second-order valence-electron chi connectivity index (χ2n) is 9.78. The Balaban J connectivity index is 1.26. The van der Waals surface area contributed by atoms with Crippen LogP contribution in [0.15, 0.2) is 59.1 Å². The Morgan fingerprint density at radius 2 is 1.95 bits per heavy atom. The molecule has 5 heterocycles. The Kier molecular flexibility index (Phi) is 7.36. The standard InChI is InChI=1S/C28H31N5O5S/c1-30-8-2-4-22(30)21-17-23(20-6-7-24-25(16-20)38-19-37-24)33(29-21)27(34)18-32(28(35)26-5-3-15-39-26)10-9-31-11-13-36-14-12-31/h2-8,15-16,23H,9-14,17-19H2,1H3/t23-/m0/s1. The number of benzene rings is 1. The van der Waals surface area contributed by atoms with Gasteiger partial charge in [-0.1, -0.05) is 12.1 Å². The Morgan fingerprint density at radius 3 is 2.72 bits per heavy atom. The number of hydrogen-bond donors (Lipinski definition) is 0. The number of aryl methyl sites for hydroxylation is 1. The quantitative estimate of drug-likeness (QED) is 0.429. The van der Waals surface area contributed by atoms with Crippen LogP contribution in [-0.4, -0.2) is 89.6 Å². The molecular formula is C28H31N5O5S. The number of hydrazone groups is 1. The predicted molar refractivity (Wildman–Crippen MR) is 146 cm³/mol. The first-order valence-electron chi connectivity index (χ1n) is 13.1. The Labute approximate surface area is 231 Å². The zero-order valence-corrected chi connectivity index (χ0v) is 22.6. The van der Waals surface area contributed by atoms with Crippen LogP contribution in [0.1, 0.15) is 33.4 Å². The number of ether oxygens (including phenoxy) is 3. The minimum atomic E-state index is -0.324. The molecule has 0 N–H and O–H groups in total. The number of carbonyl (C=O) groups is 2. The highest BCUT2D eigenvalue weighted by molar-refractivity contribution is 7.12. The maximum Gasteiger partial charge on any atom is 0.264 e. The van der Waals surface area contributed by atoms with E-state index in [4.69, 9.17) is 19.3 Å². The molecule has 10 nitrogen and oxygen atoms in total. The maximum absolute atomic E-state index is 13.9. The molecule has 3 aliphatic rings. The lowest BCUT2D eigenvalue weighted by Gasteiger charge is -2.31. The van der Waals surface area contributed by atoms with E-state index in [1.807, 2.05) is 59.6 Å². The molecular weight excluding hydrogens is 518 g/mol. The van der Waals surface area contributed by atoms with Crippen molar-refractivity contribution < 1.29 is 23.8 Å². The second-order valence-corrected chi connectivity index (χ2v) is 10.7. The van der Waals surface area contributed by atoms with E-state index >= 15 is 0 Å². The van der Waals surface area contributed by atoms with Crippen LogP contribution in [0.3, 0.4) is 0 Å². The summed E-state index contributed by atoms with van der Waals surface area (Å²) in [5.41, 5.74) is 2.68. The van der Waals surface area contributed by atoms with Gasteiger partial charge in [-0.2, -0.15) is 5.10 Å². The van der Waals surface area contributed by atoms with Gasteiger partial charge in [0.2, 0.25) is 6.79 Å². The minimum Gasteiger partial charge on any atom is -0.454 e. The number of morpholine rings is 1. The summed E-state index contributed by atoms with van der Waals surface area (Å²) in [7, 11) is 1.96. The van der Waals surface area contributed by atoms with Gasteiger partial charge in [-0.3, -0.25) is 14.5 Å². The molecule has 0 radical (unpaired) electrons. The van der Waals surface area contributed by atoms with Crippen molar-refractivity contribution in [1.29, 1.82) is 0 Å². The van der Waals surface area contributed by atoms with Gasteiger partial charge in [0.15, 0.2) is 11.5 Å². The lowest BCUT2D eigenvalue weighted by atomic mass is 10.00. The van der Waals surface area contributed by atoms with Crippen molar-refractivity contribution in [2.45, 2.75) is 12.5 Å². The van der Waals surface area contributed by atoms with E-state index in [-0.39, 0.29) is 31.2 Å². The SMILES string of the molecule is Cn1cccc1C1=NN(C(=O)CN(CCN2CCOCC2)C(=O)c2cccs2)[C@H](c2ccc3c(c2)OCO3)C1. The molecule has 6 rings (SSSR count). The molecule has 0 spiro atoms. The van der Waals surface area contributed by atoms with Crippen molar-refractivity contribution in [3.8, 4) is 11.5 Å². The lowest BCUT2D eigenvalue weighted by molar-refractivity contribution is -0.133. The van der Waals surface area contributed by atoms with Gasteiger partial charge in [0.05, 0.1) is 35.5 Å². The number of nitrogens with zero attached hydrogens (tertiary/aromatic N) is 5. The third-order valence-corrected chi connectivity index (χ3v) is 8.18. The van der Waals surface area contributed by atoms with Crippen LogP contribution < -0.4 is 9.47 Å². The van der Waals surface area contributed by atoms with Gasteiger partial charge < -0.3 is 23.7 Å². The fourth-order valence-corrected chi connectivity index (χ4v) is 5.86. The highest BCUT2D eigenvalue weighted by Gasteiger charge is 2.36. The molecule has 1 aromatic carbocycles. The van der Waals surface area contributed by atoms with Crippen LogP contribution >= 0.6 is 11.3 Å². The van der Waals surface area contributed by atoms with Crippen LogP contribution in [0.5, 0.6) is 11.5 Å². The zero-order chi connectivity index (χ0) is 26.8. The molecule has 3 aliphatic heterocycles. The van der Waals surface area contributed by atoms with Crippen molar-refractivity contribution >= 4 is 28.9 Å². The number of hydrogen-bond acceptors (Lipinski definition) is 8. The number of fused-ring (bicyclic) bond motifs is 1. The van der Waals surface area contributed by atoms with E-state index in [1.165, 1.54) is 11.3 Å². The van der Waals surface area contributed by atoms with Crippen LogP contribution in [0, 0.1) is 0 Å². The van der Waals surface area contributed by atoms with Crippen molar-refractivity contribution in [2.24, 2.45) is 12.1 Å². The number of carbonyl (C=O) groups excluding carboxylic acids is 2. The van der Waals surface area contributed by atoms with Crippen LogP contribution in [0.2, 0.25) is 0 Å². The summed E-state index contributed by atoms with van der Waals surface area (Å²) in [5.74, 6) is 0.979. The first-order chi connectivity index (χ1) is 19.1. The average Bonchev–Trinajstić information content (AvgIpc) is 3.77. The summed E-state index contributed by atoms with van der Waals surface area (Å²) < 4.78 is 18.6. The van der Waals surface area contributed by atoms with Crippen LogP contribution in [0.25, 0.3) is 0 Å². The van der Waals surface area contributed by atoms with E-state index in [2.05, 4.69) is 4.90 Å². The summed E-state index contributed by atoms with van der Waals surface area (Å²) in [6.45, 7) is 4.23. The molecule has 1 saturated heterocycles. The topological polar surface area (TPSA) is 88.8 Å². The first-order valence-corrected chi connectivity index (χ1v) is 14.0. The molecule has 11 heteroatoms. The minimum absolute atomic E-state index is 0.0635. The van der Waals surface area contributed by atoms with Gasteiger partial charge in [-0.15, -0.1) is 11.3 Å². The molecule has 0 saturated carbocycles. The van der Waals surface area contributed by atoms with Crippen molar-refractivity contribution in [2.75, 3.05) is 52.7 Å². The molecule has 0 aliphatic carbocycles. The summed E-state index contributed by atoms with van der Waals surface area (Å²) in [5, 5.41) is 8.23. The van der Waals surface area contributed by atoms with E-state index in [1.54, 1.807) is 16.0 Å². The van der Waals surface area contributed by atoms with Gasteiger partial charge in [0.1, 0.15) is 6.54 Å². The number of amides is 2.